The fraction of sp³-hybridized carbons (Fsp3) is 0.550. The van der Waals surface area contributed by atoms with Crippen molar-refractivity contribution in [1.29, 1.82) is 0 Å². The highest BCUT2D eigenvalue weighted by atomic mass is 32.2. The Morgan fingerprint density at radius 1 is 1.13 bits per heavy atom. The Balaban J connectivity index is 2.29. The van der Waals surface area contributed by atoms with Crippen molar-refractivity contribution < 1.29 is 27.3 Å². The Bertz CT molecular complexity index is 902. The predicted molar refractivity (Wildman–Crippen MR) is 116 cm³/mol. The van der Waals surface area contributed by atoms with Gasteiger partial charge in [-0.15, -0.1) is 0 Å². The van der Waals surface area contributed by atoms with E-state index in [-0.39, 0.29) is 11.4 Å². The summed E-state index contributed by atoms with van der Waals surface area (Å²) >= 11 is 0. The Morgan fingerprint density at radius 3 is 2.07 bits per heavy atom. The van der Waals surface area contributed by atoms with Crippen LogP contribution in [0.15, 0.2) is 34.6 Å². The number of sulfonamides is 1. The van der Waals surface area contributed by atoms with E-state index < -0.39 is 40.0 Å². The van der Waals surface area contributed by atoms with Gasteiger partial charge in [0.2, 0.25) is 10.0 Å². The molecule has 2 rings (SSSR count). The fourth-order valence-corrected chi connectivity index (χ4v) is 3.17. The SMILES string of the molecule is CC(C)(C)OC(=O)NCC(=Cc1ccc(S(N)(=O)=O)cc1)B1OC(C)(C)C(C)(C)O1. The summed E-state index contributed by atoms with van der Waals surface area (Å²) in [5, 5.41) is 7.88. The summed E-state index contributed by atoms with van der Waals surface area (Å²) in [5.41, 5.74) is -0.372. The lowest BCUT2D eigenvalue weighted by Crippen LogP contribution is -2.41. The predicted octanol–water partition coefficient (Wildman–Crippen LogP) is 2.87. The molecule has 8 nitrogen and oxygen atoms in total. The molecule has 1 aromatic rings. The molecule has 166 valence electrons. The van der Waals surface area contributed by atoms with Crippen molar-refractivity contribution in [2.24, 2.45) is 5.14 Å². The number of benzene rings is 1. The summed E-state index contributed by atoms with van der Waals surface area (Å²) in [6, 6.07) is 6.09. The third kappa shape index (κ3) is 6.31. The number of ether oxygens (including phenoxy) is 1. The maximum Gasteiger partial charge on any atom is 0.492 e. The molecule has 0 spiro atoms. The molecule has 10 heteroatoms. The largest absolute Gasteiger partial charge is 0.492 e. The van der Waals surface area contributed by atoms with Gasteiger partial charge >= 0.3 is 13.2 Å². The maximum atomic E-state index is 12.1. The number of hydrogen-bond donors (Lipinski definition) is 2. The molecule has 0 radical (unpaired) electrons. The van der Waals surface area contributed by atoms with Gasteiger partial charge in [0.1, 0.15) is 5.60 Å². The highest BCUT2D eigenvalue weighted by molar-refractivity contribution is 7.89. The Morgan fingerprint density at radius 2 is 1.63 bits per heavy atom. The zero-order valence-corrected chi connectivity index (χ0v) is 19.4. The number of carbonyl (C=O) groups excluding carboxylic acids is 1. The van der Waals surface area contributed by atoms with Crippen LogP contribution in [0.4, 0.5) is 4.79 Å². The molecule has 3 N–H and O–H groups in total. The minimum Gasteiger partial charge on any atom is -0.444 e. The van der Waals surface area contributed by atoms with Crippen LogP contribution < -0.4 is 10.5 Å². The van der Waals surface area contributed by atoms with Crippen LogP contribution in [0.3, 0.4) is 0 Å². The number of nitrogens with two attached hydrogens (primary N) is 1. The van der Waals surface area contributed by atoms with E-state index in [1.165, 1.54) is 12.1 Å². The van der Waals surface area contributed by atoms with Crippen LogP contribution in [0.2, 0.25) is 0 Å². The molecule has 30 heavy (non-hydrogen) atoms. The van der Waals surface area contributed by atoms with Gasteiger partial charge in [-0.3, -0.25) is 0 Å². The first-order valence-corrected chi connectivity index (χ1v) is 11.2. The number of primary sulfonamides is 1. The zero-order valence-electron chi connectivity index (χ0n) is 18.6. The molecule has 0 unspecified atom stereocenters. The lowest BCUT2D eigenvalue weighted by molar-refractivity contribution is 0.00578. The van der Waals surface area contributed by atoms with E-state index in [0.717, 1.165) is 0 Å². The normalized spacial score (nSPS) is 18.9. The summed E-state index contributed by atoms with van der Waals surface area (Å²) in [6.45, 7) is 13.2. The molecule has 1 amide bonds. The molecule has 0 bridgehead atoms. The lowest BCUT2D eigenvalue weighted by atomic mass is 9.77. The number of hydrogen-bond acceptors (Lipinski definition) is 6. The first-order chi connectivity index (χ1) is 13.5. The van der Waals surface area contributed by atoms with Crippen molar-refractivity contribution in [3.05, 3.63) is 35.3 Å². The van der Waals surface area contributed by atoms with Crippen LogP contribution in [0.5, 0.6) is 0 Å². The molecule has 1 aliphatic rings. The summed E-state index contributed by atoms with van der Waals surface area (Å²) in [5.74, 6) is 0. The van der Waals surface area contributed by atoms with Crippen molar-refractivity contribution in [2.45, 2.75) is 70.2 Å². The molecule has 1 fully saturated rings. The van der Waals surface area contributed by atoms with Gasteiger partial charge in [0.15, 0.2) is 0 Å². The smallest absolute Gasteiger partial charge is 0.444 e. The van der Waals surface area contributed by atoms with Crippen molar-refractivity contribution in [2.75, 3.05) is 6.54 Å². The molecule has 0 atom stereocenters. The number of nitrogens with one attached hydrogen (secondary N) is 1. The van der Waals surface area contributed by atoms with E-state index in [9.17, 15) is 13.2 Å². The standard InChI is InChI=1S/C20H31BN2O6S/c1-18(2,3)27-17(24)23-13-15(21-28-19(4,5)20(6,7)29-21)12-14-8-10-16(11-9-14)30(22,25)26/h8-12H,13H2,1-7H3,(H,23,24)(H2,22,25,26). The van der Waals surface area contributed by atoms with Gasteiger partial charge in [-0.2, -0.15) is 0 Å². The summed E-state index contributed by atoms with van der Waals surface area (Å²) in [4.78, 5) is 12.1. The van der Waals surface area contributed by atoms with Crippen LogP contribution in [0.1, 0.15) is 54.0 Å². The Kier molecular flexibility index (Phi) is 6.78. The van der Waals surface area contributed by atoms with E-state index in [1.54, 1.807) is 39.0 Å². The summed E-state index contributed by atoms with van der Waals surface area (Å²) in [7, 11) is -4.47. The van der Waals surface area contributed by atoms with Crippen molar-refractivity contribution in [3.63, 3.8) is 0 Å². The molecule has 0 aliphatic carbocycles. The minimum absolute atomic E-state index is 0.0173. The van der Waals surface area contributed by atoms with Crippen LogP contribution in [-0.2, 0) is 24.1 Å². The highest BCUT2D eigenvalue weighted by Gasteiger charge is 2.52. The molecule has 1 saturated heterocycles. The third-order valence-corrected chi connectivity index (χ3v) is 5.88. The van der Waals surface area contributed by atoms with E-state index in [4.69, 9.17) is 19.2 Å². The molecule has 0 saturated carbocycles. The van der Waals surface area contributed by atoms with Crippen molar-refractivity contribution in [1.82, 2.24) is 5.32 Å². The van der Waals surface area contributed by atoms with Crippen LogP contribution in [0, 0.1) is 0 Å². The van der Waals surface area contributed by atoms with Gasteiger partial charge in [-0.25, -0.2) is 18.4 Å². The van der Waals surface area contributed by atoms with Gasteiger partial charge in [0, 0.05) is 6.54 Å². The van der Waals surface area contributed by atoms with E-state index in [0.29, 0.717) is 11.0 Å². The first kappa shape index (κ1) is 24.4. The second-order valence-corrected chi connectivity index (χ2v) is 10.8. The van der Waals surface area contributed by atoms with Crippen LogP contribution in [0.25, 0.3) is 6.08 Å². The third-order valence-electron chi connectivity index (χ3n) is 4.95. The van der Waals surface area contributed by atoms with E-state index in [2.05, 4.69) is 5.32 Å². The zero-order chi connectivity index (χ0) is 23.0. The fourth-order valence-electron chi connectivity index (χ4n) is 2.65. The topological polar surface area (TPSA) is 117 Å². The molecule has 0 aromatic heterocycles. The first-order valence-electron chi connectivity index (χ1n) is 9.66. The number of amides is 1. The van der Waals surface area contributed by atoms with Gasteiger partial charge in [0.05, 0.1) is 16.1 Å². The van der Waals surface area contributed by atoms with E-state index >= 15 is 0 Å². The number of carbonyl (C=O) groups is 1. The maximum absolute atomic E-state index is 12.1. The molecular formula is C20H31BN2O6S. The van der Waals surface area contributed by atoms with Crippen molar-refractivity contribution in [3.8, 4) is 0 Å². The van der Waals surface area contributed by atoms with Crippen molar-refractivity contribution >= 4 is 29.3 Å². The lowest BCUT2D eigenvalue weighted by Gasteiger charge is -2.32. The summed E-state index contributed by atoms with van der Waals surface area (Å²) < 4.78 is 40.5. The quantitative estimate of drug-likeness (QED) is 0.683. The minimum atomic E-state index is -3.78. The average molecular weight is 438 g/mol. The van der Waals surface area contributed by atoms with E-state index in [1.807, 2.05) is 27.7 Å². The van der Waals surface area contributed by atoms with Gasteiger partial charge in [0.25, 0.3) is 0 Å². The molecule has 1 aromatic carbocycles. The molecule has 1 aliphatic heterocycles. The van der Waals surface area contributed by atoms with Gasteiger partial charge in [-0.1, -0.05) is 18.2 Å². The number of alkyl carbamates (subject to hydrolysis) is 1. The van der Waals surface area contributed by atoms with Gasteiger partial charge in [-0.05, 0) is 71.6 Å². The Labute approximate surface area is 179 Å². The highest BCUT2D eigenvalue weighted by Crippen LogP contribution is 2.38. The molecule has 1 heterocycles. The van der Waals surface area contributed by atoms with Crippen LogP contribution in [-0.4, -0.2) is 45.0 Å². The average Bonchev–Trinajstić information content (AvgIpc) is 2.77. The van der Waals surface area contributed by atoms with Crippen LogP contribution >= 0.6 is 0 Å². The Hall–Kier alpha value is -1.88. The second kappa shape index (κ2) is 8.34. The number of rotatable bonds is 5. The second-order valence-electron chi connectivity index (χ2n) is 9.28. The monoisotopic (exact) mass is 438 g/mol. The summed E-state index contributed by atoms with van der Waals surface area (Å²) in [6.07, 6.45) is 1.22. The molecular weight excluding hydrogens is 407 g/mol. The van der Waals surface area contributed by atoms with Gasteiger partial charge < -0.3 is 19.4 Å².